The van der Waals surface area contributed by atoms with Gasteiger partial charge in [0, 0.05) is 19.1 Å². The van der Waals surface area contributed by atoms with Gasteiger partial charge in [0.25, 0.3) is 0 Å². The molecule has 0 saturated carbocycles. The van der Waals surface area contributed by atoms with E-state index in [1.165, 1.54) is 0 Å². The van der Waals surface area contributed by atoms with E-state index in [0.29, 0.717) is 24.8 Å². The van der Waals surface area contributed by atoms with Crippen LogP contribution in [-0.2, 0) is 14.3 Å². The number of piperazine rings is 1. The quantitative estimate of drug-likeness (QED) is 0.820. The van der Waals surface area contributed by atoms with Gasteiger partial charge in [-0.1, -0.05) is 13.8 Å². The summed E-state index contributed by atoms with van der Waals surface area (Å²) in [6.45, 7) is 7.75. The second-order valence-electron chi connectivity index (χ2n) is 6.09. The molecule has 3 unspecified atom stereocenters. The summed E-state index contributed by atoms with van der Waals surface area (Å²) in [6.07, 6.45) is 1.86. The van der Waals surface area contributed by atoms with Crippen LogP contribution in [0.3, 0.4) is 0 Å². The van der Waals surface area contributed by atoms with Gasteiger partial charge in [-0.2, -0.15) is 0 Å². The SMILES string of the molecule is CC(C)CC1NC(=O)CN(CC2CCOC2C)C1=O. The van der Waals surface area contributed by atoms with Gasteiger partial charge in [0.05, 0.1) is 12.6 Å². The zero-order valence-electron chi connectivity index (χ0n) is 12.0. The zero-order chi connectivity index (χ0) is 14.0. The molecule has 0 spiro atoms. The molecule has 5 heteroatoms. The molecule has 2 rings (SSSR count). The Morgan fingerprint density at radius 1 is 1.42 bits per heavy atom. The summed E-state index contributed by atoms with van der Waals surface area (Å²) in [5, 5.41) is 2.80. The minimum absolute atomic E-state index is 0.0446. The van der Waals surface area contributed by atoms with Crippen molar-refractivity contribution in [2.45, 2.75) is 45.8 Å². The lowest BCUT2D eigenvalue weighted by atomic mass is 9.98. The van der Waals surface area contributed by atoms with E-state index in [-0.39, 0.29) is 30.5 Å². The molecule has 0 aromatic rings. The largest absolute Gasteiger partial charge is 0.378 e. The van der Waals surface area contributed by atoms with Gasteiger partial charge in [0.1, 0.15) is 6.04 Å². The molecule has 2 aliphatic heterocycles. The van der Waals surface area contributed by atoms with Crippen molar-refractivity contribution in [2.75, 3.05) is 19.7 Å². The molecule has 3 atom stereocenters. The van der Waals surface area contributed by atoms with Gasteiger partial charge in [-0.15, -0.1) is 0 Å². The first-order valence-electron chi connectivity index (χ1n) is 7.17. The van der Waals surface area contributed by atoms with E-state index in [1.54, 1.807) is 4.90 Å². The normalized spacial score (nSPS) is 32.0. The maximum Gasteiger partial charge on any atom is 0.245 e. The highest BCUT2D eigenvalue weighted by Crippen LogP contribution is 2.23. The van der Waals surface area contributed by atoms with Crippen LogP contribution in [0.2, 0.25) is 0 Å². The molecule has 0 radical (unpaired) electrons. The Bertz CT molecular complexity index is 357. The smallest absolute Gasteiger partial charge is 0.245 e. The highest BCUT2D eigenvalue weighted by Gasteiger charge is 2.36. The van der Waals surface area contributed by atoms with Crippen LogP contribution in [0.25, 0.3) is 0 Å². The number of hydrogen-bond donors (Lipinski definition) is 1. The number of carbonyl (C=O) groups excluding carboxylic acids is 2. The fraction of sp³-hybridized carbons (Fsp3) is 0.857. The summed E-state index contributed by atoms with van der Waals surface area (Å²) in [5.74, 6) is 0.765. The van der Waals surface area contributed by atoms with Crippen LogP contribution in [0.4, 0.5) is 0 Å². The summed E-state index contributed by atoms with van der Waals surface area (Å²) < 4.78 is 5.52. The van der Waals surface area contributed by atoms with E-state index in [4.69, 9.17) is 4.74 Å². The number of ether oxygens (including phenoxy) is 1. The number of amides is 2. The molecule has 108 valence electrons. The second-order valence-corrected chi connectivity index (χ2v) is 6.09. The molecule has 0 bridgehead atoms. The first-order chi connectivity index (χ1) is 8.97. The maximum absolute atomic E-state index is 12.4. The Morgan fingerprint density at radius 3 is 2.74 bits per heavy atom. The van der Waals surface area contributed by atoms with Crippen LogP contribution in [0.15, 0.2) is 0 Å². The monoisotopic (exact) mass is 268 g/mol. The summed E-state index contributed by atoms with van der Waals surface area (Å²) >= 11 is 0. The highest BCUT2D eigenvalue weighted by molar-refractivity contribution is 5.94. The van der Waals surface area contributed by atoms with E-state index in [1.807, 2.05) is 6.92 Å². The van der Waals surface area contributed by atoms with Gasteiger partial charge in [-0.25, -0.2) is 0 Å². The van der Waals surface area contributed by atoms with Crippen molar-refractivity contribution in [3.05, 3.63) is 0 Å². The average Bonchev–Trinajstić information content (AvgIpc) is 2.70. The summed E-state index contributed by atoms with van der Waals surface area (Å²) in [4.78, 5) is 25.8. The molecule has 5 nitrogen and oxygen atoms in total. The van der Waals surface area contributed by atoms with Gasteiger partial charge in [-0.05, 0) is 25.7 Å². The fourth-order valence-electron chi connectivity index (χ4n) is 2.86. The van der Waals surface area contributed by atoms with Gasteiger partial charge < -0.3 is 15.0 Å². The topological polar surface area (TPSA) is 58.6 Å². The molecule has 2 aliphatic rings. The Hall–Kier alpha value is -1.10. The van der Waals surface area contributed by atoms with Crippen molar-refractivity contribution in [1.29, 1.82) is 0 Å². The summed E-state index contributed by atoms with van der Waals surface area (Å²) in [5.41, 5.74) is 0. The van der Waals surface area contributed by atoms with Gasteiger partial charge in [-0.3, -0.25) is 9.59 Å². The molecule has 0 aromatic heterocycles. The lowest BCUT2D eigenvalue weighted by Gasteiger charge is -2.35. The van der Waals surface area contributed by atoms with Crippen molar-refractivity contribution < 1.29 is 14.3 Å². The molecule has 2 fully saturated rings. The van der Waals surface area contributed by atoms with E-state index in [2.05, 4.69) is 19.2 Å². The molecule has 0 aromatic carbocycles. The minimum atomic E-state index is -0.348. The van der Waals surface area contributed by atoms with Crippen LogP contribution in [-0.4, -0.2) is 48.6 Å². The third-order valence-electron chi connectivity index (χ3n) is 3.97. The minimum Gasteiger partial charge on any atom is -0.378 e. The average molecular weight is 268 g/mol. The van der Waals surface area contributed by atoms with Gasteiger partial charge >= 0.3 is 0 Å². The molecular weight excluding hydrogens is 244 g/mol. The standard InChI is InChI=1S/C14H24N2O3/c1-9(2)6-12-14(18)16(8-13(17)15-12)7-11-4-5-19-10(11)3/h9-12H,4-8H2,1-3H3,(H,15,17). The van der Waals surface area contributed by atoms with Crippen LogP contribution < -0.4 is 5.32 Å². The maximum atomic E-state index is 12.4. The third-order valence-corrected chi connectivity index (χ3v) is 3.97. The Balaban J connectivity index is 1.98. The lowest BCUT2D eigenvalue weighted by molar-refractivity contribution is -0.145. The third kappa shape index (κ3) is 3.47. The van der Waals surface area contributed by atoms with Crippen LogP contribution >= 0.6 is 0 Å². The van der Waals surface area contributed by atoms with Gasteiger partial charge in [0.2, 0.25) is 11.8 Å². The molecule has 2 heterocycles. The number of rotatable bonds is 4. The highest BCUT2D eigenvalue weighted by atomic mass is 16.5. The summed E-state index contributed by atoms with van der Waals surface area (Å²) in [6, 6.07) is -0.348. The Labute approximate surface area is 114 Å². The van der Waals surface area contributed by atoms with Crippen LogP contribution in [0, 0.1) is 11.8 Å². The molecule has 19 heavy (non-hydrogen) atoms. The van der Waals surface area contributed by atoms with E-state index < -0.39 is 0 Å². The zero-order valence-corrected chi connectivity index (χ0v) is 12.0. The Kier molecular flexibility index (Phi) is 4.45. The van der Waals surface area contributed by atoms with Crippen molar-refractivity contribution >= 4 is 11.8 Å². The molecule has 1 N–H and O–H groups in total. The molecular formula is C14H24N2O3. The second kappa shape index (κ2) is 5.90. The van der Waals surface area contributed by atoms with E-state index in [0.717, 1.165) is 13.0 Å². The lowest BCUT2D eigenvalue weighted by Crippen LogP contribution is -2.59. The molecule has 2 amide bonds. The predicted octanol–water partition coefficient (Wildman–Crippen LogP) is 0.785. The first kappa shape index (κ1) is 14.3. The van der Waals surface area contributed by atoms with Crippen LogP contribution in [0.5, 0.6) is 0 Å². The Morgan fingerprint density at radius 2 is 2.16 bits per heavy atom. The predicted molar refractivity (Wildman–Crippen MR) is 71.5 cm³/mol. The van der Waals surface area contributed by atoms with E-state index in [9.17, 15) is 9.59 Å². The number of nitrogens with one attached hydrogen (secondary N) is 1. The fourth-order valence-corrected chi connectivity index (χ4v) is 2.86. The van der Waals surface area contributed by atoms with Crippen molar-refractivity contribution in [3.63, 3.8) is 0 Å². The number of carbonyl (C=O) groups is 2. The summed E-state index contributed by atoms with van der Waals surface area (Å²) in [7, 11) is 0. The molecule has 2 saturated heterocycles. The van der Waals surface area contributed by atoms with Crippen molar-refractivity contribution in [1.82, 2.24) is 10.2 Å². The van der Waals surface area contributed by atoms with Crippen LogP contribution in [0.1, 0.15) is 33.6 Å². The number of nitrogens with zero attached hydrogens (tertiary/aromatic N) is 1. The molecule has 0 aliphatic carbocycles. The van der Waals surface area contributed by atoms with E-state index >= 15 is 0 Å². The number of hydrogen-bond acceptors (Lipinski definition) is 3. The van der Waals surface area contributed by atoms with Gasteiger partial charge in [0.15, 0.2) is 0 Å². The first-order valence-corrected chi connectivity index (χ1v) is 7.17. The van der Waals surface area contributed by atoms with Crippen molar-refractivity contribution in [3.8, 4) is 0 Å². The van der Waals surface area contributed by atoms with Crippen molar-refractivity contribution in [2.24, 2.45) is 11.8 Å².